The van der Waals surface area contributed by atoms with E-state index < -0.39 is 126 Å². The van der Waals surface area contributed by atoms with Crippen molar-refractivity contribution in [3.05, 3.63) is 11.6 Å². The van der Waals surface area contributed by atoms with Crippen molar-refractivity contribution in [3.8, 4) is 0 Å². The van der Waals surface area contributed by atoms with Crippen LogP contribution >= 0.6 is 0 Å². The van der Waals surface area contributed by atoms with Gasteiger partial charge in [0.2, 0.25) is 6.29 Å². The van der Waals surface area contributed by atoms with Crippen LogP contribution in [0.5, 0.6) is 0 Å². The predicted octanol–water partition coefficient (Wildman–Crippen LogP) is -0.770. The Labute approximate surface area is 339 Å². The number of rotatable bonds is 7. The monoisotopic (exact) mass is 828 g/mol. The third-order valence-electron chi connectivity index (χ3n) is 17.7. The minimum atomic E-state index is -1.89. The van der Waals surface area contributed by atoms with Gasteiger partial charge < -0.3 is 75.1 Å². The molecular weight excluding hydrogens is 760 g/mol. The normalized spacial score (nSPS) is 56.9. The van der Waals surface area contributed by atoms with Crippen molar-refractivity contribution in [2.75, 3.05) is 19.8 Å². The molecule has 16 nitrogen and oxygen atoms in total. The molecule has 11 N–H and O–H groups in total. The van der Waals surface area contributed by atoms with Gasteiger partial charge in [-0.1, -0.05) is 46.3 Å². The summed E-state index contributed by atoms with van der Waals surface area (Å²) in [6, 6.07) is 0. The second-order valence-corrected chi connectivity index (χ2v) is 20.3. The van der Waals surface area contributed by atoms with Crippen LogP contribution in [0.1, 0.15) is 92.9 Å². The second-order valence-electron chi connectivity index (χ2n) is 20.3. The maximum atomic E-state index is 15.1. The van der Waals surface area contributed by atoms with Gasteiger partial charge in [-0.2, -0.15) is 0 Å². The van der Waals surface area contributed by atoms with Crippen molar-refractivity contribution in [2.45, 2.75) is 172 Å². The molecule has 2 aliphatic heterocycles. The number of allylic oxidation sites excluding steroid dienone is 1. The Bertz CT molecular complexity index is 1570. The van der Waals surface area contributed by atoms with Crippen molar-refractivity contribution in [2.24, 2.45) is 50.7 Å². The minimum absolute atomic E-state index is 0.0465. The molecule has 2 saturated heterocycles. The Hall–Kier alpha value is -1.35. The van der Waals surface area contributed by atoms with Crippen molar-refractivity contribution >= 4 is 5.97 Å². The standard InChI is InChI=1S/C42H68O16/c1-19-9-12-42(36(53)58-35-31(29(50)27(48)23(17-44)56-35)57-34-30(51)28(49)26(47)22(16-43)55-34)14-13-39(4)20(32(42)41(19,6)54)7-8-25-37(2)15-21(46)33(52)38(3,18-45)24(37)10-11-40(25,39)5/h7,19,21-35,43-52,54H,8-18H2,1-6H3/t19-,21-,22?,23?,24?,25?,26-,27-,28?,29?,30+,31+,32?,33+,34+,35+,37+,38+,39-,40-,41-,42+/m1/s1. The van der Waals surface area contributed by atoms with E-state index in [1.54, 1.807) is 6.92 Å². The lowest BCUT2D eigenvalue weighted by Crippen LogP contribution is -2.70. The SMILES string of the molecule is C[C@@H]1CC[C@]2(C(=O)O[C@@H]3OC(CO)[C@@H](O)C(O)[C@@H]3O[C@@H]3OC(CO)[C@@H](O)C(O)[C@@H]3O)CC[C@]3(C)C(=CCC4[C@@]5(C)C[C@@H](O)[C@H](O)[C@@](C)(CO)C5CC[C@]43C)C2[C@]1(C)O. The summed E-state index contributed by atoms with van der Waals surface area (Å²) < 4.78 is 23.4. The average Bonchev–Trinajstić information content (AvgIpc) is 3.18. The highest BCUT2D eigenvalue weighted by Gasteiger charge is 2.73. The van der Waals surface area contributed by atoms with Crippen molar-refractivity contribution in [1.29, 1.82) is 0 Å². The molecule has 0 bridgehead atoms. The van der Waals surface area contributed by atoms with E-state index in [-0.39, 0.29) is 29.8 Å². The van der Waals surface area contributed by atoms with E-state index >= 15 is 4.79 Å². The third kappa shape index (κ3) is 6.17. The molecule has 332 valence electrons. The van der Waals surface area contributed by atoms with Gasteiger partial charge in [0.15, 0.2) is 12.4 Å². The zero-order valence-corrected chi connectivity index (χ0v) is 34.6. The van der Waals surface area contributed by atoms with Gasteiger partial charge in [0.1, 0.15) is 42.7 Å². The third-order valence-corrected chi connectivity index (χ3v) is 17.7. The van der Waals surface area contributed by atoms with Crippen molar-refractivity contribution in [3.63, 3.8) is 0 Å². The maximum absolute atomic E-state index is 15.1. The molecule has 7 aliphatic rings. The topological polar surface area (TPSA) is 277 Å². The molecule has 0 aromatic carbocycles. The summed E-state index contributed by atoms with van der Waals surface area (Å²) in [4.78, 5) is 15.1. The summed E-state index contributed by atoms with van der Waals surface area (Å²) >= 11 is 0. The fourth-order valence-corrected chi connectivity index (χ4v) is 13.8. The van der Waals surface area contributed by atoms with Crippen molar-refractivity contribution in [1.82, 2.24) is 0 Å². The molecule has 0 spiro atoms. The van der Waals surface area contributed by atoms with E-state index in [0.29, 0.717) is 44.9 Å². The number of carbonyl (C=O) groups is 1. The van der Waals surface area contributed by atoms with E-state index in [2.05, 4.69) is 26.8 Å². The summed E-state index contributed by atoms with van der Waals surface area (Å²) in [6.45, 7) is 10.5. The molecule has 7 unspecified atom stereocenters. The van der Waals surface area contributed by atoms with Crippen LogP contribution in [0.2, 0.25) is 0 Å². The van der Waals surface area contributed by atoms with E-state index in [0.717, 1.165) is 12.0 Å². The minimum Gasteiger partial charge on any atom is -0.432 e. The number of hydrogen-bond donors (Lipinski definition) is 11. The fraction of sp³-hybridized carbons (Fsp3) is 0.929. The maximum Gasteiger partial charge on any atom is 0.315 e. The van der Waals surface area contributed by atoms with Gasteiger partial charge in [-0.3, -0.25) is 4.79 Å². The molecular formula is C42H68O16. The molecule has 5 aliphatic carbocycles. The molecule has 58 heavy (non-hydrogen) atoms. The summed E-state index contributed by atoms with van der Waals surface area (Å²) in [5, 5.41) is 119. The molecule has 2 heterocycles. The van der Waals surface area contributed by atoms with Crippen LogP contribution in [0.3, 0.4) is 0 Å². The van der Waals surface area contributed by atoms with Crippen LogP contribution in [-0.2, 0) is 23.7 Å². The highest BCUT2D eigenvalue weighted by Crippen LogP contribution is 2.76. The Balaban J connectivity index is 1.24. The number of ether oxygens (including phenoxy) is 4. The van der Waals surface area contributed by atoms with Crippen LogP contribution in [0, 0.1) is 50.7 Å². The lowest BCUT2D eigenvalue weighted by atomic mass is 9.33. The predicted molar refractivity (Wildman–Crippen MR) is 202 cm³/mol. The van der Waals surface area contributed by atoms with Crippen LogP contribution in [0.15, 0.2) is 11.6 Å². The lowest BCUT2D eigenvalue weighted by molar-refractivity contribution is -0.364. The van der Waals surface area contributed by atoms with E-state index in [1.807, 2.05) is 13.8 Å². The molecule has 6 fully saturated rings. The van der Waals surface area contributed by atoms with Crippen LogP contribution in [0.25, 0.3) is 0 Å². The molecule has 22 atom stereocenters. The van der Waals surface area contributed by atoms with Gasteiger partial charge in [-0.05, 0) is 92.3 Å². The number of fused-ring (bicyclic) bond motifs is 7. The molecule has 0 radical (unpaired) electrons. The van der Waals surface area contributed by atoms with Crippen LogP contribution < -0.4 is 0 Å². The van der Waals surface area contributed by atoms with Gasteiger partial charge in [-0.15, -0.1) is 0 Å². The lowest BCUT2D eigenvalue weighted by Gasteiger charge is -2.72. The molecule has 16 heteroatoms. The van der Waals surface area contributed by atoms with E-state index in [1.165, 1.54) is 0 Å². The van der Waals surface area contributed by atoms with Gasteiger partial charge in [0.25, 0.3) is 0 Å². The first-order chi connectivity index (χ1) is 27.0. The fourth-order valence-electron chi connectivity index (χ4n) is 13.8. The zero-order chi connectivity index (χ0) is 42.7. The number of esters is 1. The van der Waals surface area contributed by atoms with E-state index in [4.69, 9.17) is 18.9 Å². The second kappa shape index (κ2) is 15.2. The molecule has 0 amide bonds. The van der Waals surface area contributed by atoms with Gasteiger partial charge in [0.05, 0.1) is 43.0 Å². The smallest absolute Gasteiger partial charge is 0.315 e. The van der Waals surface area contributed by atoms with Gasteiger partial charge in [-0.25, -0.2) is 0 Å². The summed E-state index contributed by atoms with van der Waals surface area (Å²) in [7, 11) is 0. The summed E-state index contributed by atoms with van der Waals surface area (Å²) in [5.41, 5.74) is -3.94. The number of hydrogen-bond acceptors (Lipinski definition) is 16. The first kappa shape index (κ1) is 44.7. The average molecular weight is 829 g/mol. The van der Waals surface area contributed by atoms with Crippen molar-refractivity contribution < 1.29 is 79.9 Å². The first-order valence-corrected chi connectivity index (χ1v) is 21.2. The Morgan fingerprint density at radius 1 is 0.776 bits per heavy atom. The van der Waals surface area contributed by atoms with E-state index in [9.17, 15) is 56.2 Å². The zero-order valence-electron chi connectivity index (χ0n) is 34.6. The summed E-state index contributed by atoms with van der Waals surface area (Å²) in [5.74, 6) is -1.70. The number of aliphatic hydroxyl groups excluding tert-OH is 10. The molecule has 4 saturated carbocycles. The first-order valence-electron chi connectivity index (χ1n) is 21.2. The Morgan fingerprint density at radius 2 is 1.40 bits per heavy atom. The molecule has 0 aromatic heterocycles. The van der Waals surface area contributed by atoms with Crippen LogP contribution in [-0.4, -0.2) is 161 Å². The quantitative estimate of drug-likeness (QED) is 0.111. The Kier molecular flexibility index (Phi) is 11.7. The van der Waals surface area contributed by atoms with Crippen LogP contribution in [0.4, 0.5) is 0 Å². The van der Waals surface area contributed by atoms with Gasteiger partial charge >= 0.3 is 5.97 Å². The highest BCUT2D eigenvalue weighted by molar-refractivity contribution is 5.79. The largest absolute Gasteiger partial charge is 0.432 e. The summed E-state index contributed by atoms with van der Waals surface area (Å²) in [6.07, 6.45) is -12.9. The Morgan fingerprint density at radius 3 is 2.02 bits per heavy atom. The molecule has 7 rings (SSSR count). The number of aliphatic hydroxyl groups is 11. The highest BCUT2D eigenvalue weighted by atomic mass is 16.8. The van der Waals surface area contributed by atoms with Gasteiger partial charge in [0, 0.05) is 11.3 Å². The molecule has 0 aromatic rings. The number of carbonyl (C=O) groups excluding carboxylic acids is 1.